The van der Waals surface area contributed by atoms with E-state index in [1.54, 1.807) is 11.4 Å². The molecule has 90 valence electrons. The van der Waals surface area contributed by atoms with Crippen LogP contribution in [0.4, 0.5) is 0 Å². The van der Waals surface area contributed by atoms with Crippen LogP contribution in [0.5, 0.6) is 0 Å². The fourth-order valence-corrected chi connectivity index (χ4v) is 2.03. The van der Waals surface area contributed by atoms with Crippen LogP contribution in [-0.2, 0) is 9.47 Å². The van der Waals surface area contributed by atoms with Crippen molar-refractivity contribution < 1.29 is 14.3 Å². The first-order valence-corrected chi connectivity index (χ1v) is 6.30. The van der Waals surface area contributed by atoms with E-state index in [4.69, 9.17) is 9.47 Å². The lowest BCUT2D eigenvalue weighted by Gasteiger charge is -2.19. The van der Waals surface area contributed by atoms with Crippen molar-refractivity contribution in [1.82, 2.24) is 0 Å². The standard InChI is InChI=1S/C11H16O3S2/c1-11(2,3)14-5-4-13-10(12)9-6-8(15)7-16-9/h6-7,15H,4-5H2,1-3H3. The van der Waals surface area contributed by atoms with Gasteiger partial charge in [-0.05, 0) is 26.8 Å². The molecule has 0 aliphatic heterocycles. The van der Waals surface area contributed by atoms with Crippen LogP contribution in [0.3, 0.4) is 0 Å². The number of carbonyl (C=O) groups excluding carboxylic acids is 1. The summed E-state index contributed by atoms with van der Waals surface area (Å²) in [5.74, 6) is -0.317. The smallest absolute Gasteiger partial charge is 0.348 e. The molecule has 0 N–H and O–H groups in total. The van der Waals surface area contributed by atoms with Crippen molar-refractivity contribution in [3.05, 3.63) is 16.3 Å². The minimum atomic E-state index is -0.317. The topological polar surface area (TPSA) is 35.5 Å². The Balaban J connectivity index is 2.26. The summed E-state index contributed by atoms with van der Waals surface area (Å²) < 4.78 is 10.5. The number of carbonyl (C=O) groups is 1. The van der Waals surface area contributed by atoms with E-state index < -0.39 is 0 Å². The highest BCUT2D eigenvalue weighted by molar-refractivity contribution is 7.80. The molecule has 0 fully saturated rings. The molecule has 0 atom stereocenters. The maximum Gasteiger partial charge on any atom is 0.348 e. The average molecular weight is 260 g/mol. The van der Waals surface area contributed by atoms with Gasteiger partial charge in [-0.1, -0.05) is 0 Å². The largest absolute Gasteiger partial charge is 0.459 e. The number of rotatable bonds is 4. The third-order valence-corrected chi connectivity index (χ3v) is 2.98. The van der Waals surface area contributed by atoms with E-state index in [0.29, 0.717) is 11.5 Å². The molecule has 0 spiro atoms. The van der Waals surface area contributed by atoms with E-state index in [9.17, 15) is 4.79 Å². The highest BCUT2D eigenvalue weighted by Gasteiger charge is 2.12. The van der Waals surface area contributed by atoms with Gasteiger partial charge in [-0.15, -0.1) is 24.0 Å². The van der Waals surface area contributed by atoms with Crippen molar-refractivity contribution in [3.63, 3.8) is 0 Å². The lowest BCUT2D eigenvalue weighted by molar-refractivity contribution is -0.0280. The molecule has 1 rings (SSSR count). The highest BCUT2D eigenvalue weighted by atomic mass is 32.1. The summed E-state index contributed by atoms with van der Waals surface area (Å²) in [5, 5.41) is 1.80. The molecular weight excluding hydrogens is 244 g/mol. The molecule has 0 amide bonds. The van der Waals surface area contributed by atoms with E-state index in [2.05, 4.69) is 12.6 Å². The monoisotopic (exact) mass is 260 g/mol. The van der Waals surface area contributed by atoms with Crippen molar-refractivity contribution in [1.29, 1.82) is 0 Å². The molecular formula is C11H16O3S2. The van der Waals surface area contributed by atoms with Crippen LogP contribution < -0.4 is 0 Å². The summed E-state index contributed by atoms with van der Waals surface area (Å²) in [5.41, 5.74) is -0.201. The van der Waals surface area contributed by atoms with Gasteiger partial charge in [0.2, 0.25) is 0 Å². The second-order valence-corrected chi connectivity index (χ2v) is 5.69. The molecule has 0 saturated heterocycles. The lowest BCUT2D eigenvalue weighted by Crippen LogP contribution is -2.22. The second kappa shape index (κ2) is 5.70. The Labute approximate surface area is 105 Å². The summed E-state index contributed by atoms with van der Waals surface area (Å²) in [6.07, 6.45) is 0. The summed E-state index contributed by atoms with van der Waals surface area (Å²) >= 11 is 5.45. The number of thiol groups is 1. The van der Waals surface area contributed by atoms with Gasteiger partial charge < -0.3 is 9.47 Å². The zero-order chi connectivity index (χ0) is 12.2. The summed E-state index contributed by atoms with van der Waals surface area (Å²) in [7, 11) is 0. The van der Waals surface area contributed by atoms with Gasteiger partial charge in [0.1, 0.15) is 11.5 Å². The molecule has 0 aromatic carbocycles. The molecule has 0 aliphatic carbocycles. The van der Waals surface area contributed by atoms with Gasteiger partial charge in [-0.3, -0.25) is 0 Å². The number of hydrogen-bond acceptors (Lipinski definition) is 5. The van der Waals surface area contributed by atoms with Crippen molar-refractivity contribution in [3.8, 4) is 0 Å². The number of thiophene rings is 1. The van der Waals surface area contributed by atoms with E-state index in [0.717, 1.165) is 4.90 Å². The lowest BCUT2D eigenvalue weighted by atomic mass is 10.2. The molecule has 3 nitrogen and oxygen atoms in total. The number of hydrogen-bond donors (Lipinski definition) is 1. The molecule has 1 heterocycles. The minimum absolute atomic E-state index is 0.201. The third-order valence-electron chi connectivity index (χ3n) is 1.64. The predicted octanol–water partition coefficient (Wildman–Crippen LogP) is 3.01. The third kappa shape index (κ3) is 5.01. The fourth-order valence-electron chi connectivity index (χ4n) is 0.987. The van der Waals surface area contributed by atoms with Crippen molar-refractivity contribution in [2.24, 2.45) is 0 Å². The SMILES string of the molecule is CC(C)(C)OCCOC(=O)c1cc(S)cs1. The maximum atomic E-state index is 11.5. The second-order valence-electron chi connectivity index (χ2n) is 4.27. The molecule has 1 aromatic heterocycles. The molecule has 5 heteroatoms. The first-order valence-electron chi connectivity index (χ1n) is 4.97. The first-order chi connectivity index (χ1) is 7.38. The fraction of sp³-hybridized carbons (Fsp3) is 0.545. The molecule has 0 radical (unpaired) electrons. The van der Waals surface area contributed by atoms with Crippen LogP contribution in [0.1, 0.15) is 30.4 Å². The Hall–Kier alpha value is -0.520. The molecule has 0 unspecified atom stereocenters. The van der Waals surface area contributed by atoms with Crippen LogP contribution in [-0.4, -0.2) is 24.8 Å². The first kappa shape index (κ1) is 13.5. The highest BCUT2D eigenvalue weighted by Crippen LogP contribution is 2.18. The van der Waals surface area contributed by atoms with E-state index in [1.165, 1.54) is 11.3 Å². The van der Waals surface area contributed by atoms with E-state index in [-0.39, 0.29) is 18.2 Å². The quantitative estimate of drug-likeness (QED) is 0.513. The van der Waals surface area contributed by atoms with Crippen LogP contribution in [0.15, 0.2) is 16.3 Å². The summed E-state index contributed by atoms with van der Waals surface area (Å²) in [4.78, 5) is 12.8. The Morgan fingerprint density at radius 1 is 1.44 bits per heavy atom. The van der Waals surface area contributed by atoms with Crippen molar-refractivity contribution >= 4 is 29.9 Å². The molecule has 0 bridgehead atoms. The van der Waals surface area contributed by atoms with Gasteiger partial charge in [0.05, 0.1) is 12.2 Å². The molecule has 1 aromatic rings. The van der Waals surface area contributed by atoms with Crippen LogP contribution in [0.25, 0.3) is 0 Å². The zero-order valence-electron chi connectivity index (χ0n) is 9.65. The van der Waals surface area contributed by atoms with Crippen LogP contribution in [0, 0.1) is 0 Å². The molecule has 0 aliphatic rings. The van der Waals surface area contributed by atoms with Gasteiger partial charge in [-0.25, -0.2) is 4.79 Å². The maximum absolute atomic E-state index is 11.5. The molecule has 0 saturated carbocycles. The van der Waals surface area contributed by atoms with Gasteiger partial charge >= 0.3 is 5.97 Å². The Morgan fingerprint density at radius 3 is 2.62 bits per heavy atom. The number of ether oxygens (including phenoxy) is 2. The number of esters is 1. The zero-order valence-corrected chi connectivity index (χ0v) is 11.4. The van der Waals surface area contributed by atoms with E-state index in [1.807, 2.05) is 20.8 Å². The van der Waals surface area contributed by atoms with Gasteiger partial charge in [-0.2, -0.15) is 0 Å². The van der Waals surface area contributed by atoms with Gasteiger partial charge in [0, 0.05) is 10.3 Å². The minimum Gasteiger partial charge on any atom is -0.459 e. The average Bonchev–Trinajstić information content (AvgIpc) is 2.57. The Bertz CT molecular complexity index is 352. The predicted molar refractivity (Wildman–Crippen MR) is 67.6 cm³/mol. The molecule has 16 heavy (non-hydrogen) atoms. The van der Waals surface area contributed by atoms with Gasteiger partial charge in [0.15, 0.2) is 0 Å². The van der Waals surface area contributed by atoms with Crippen molar-refractivity contribution in [2.45, 2.75) is 31.3 Å². The van der Waals surface area contributed by atoms with Crippen LogP contribution in [0.2, 0.25) is 0 Å². The normalized spacial score (nSPS) is 11.5. The summed E-state index contributed by atoms with van der Waals surface area (Å²) in [6.45, 7) is 6.56. The summed E-state index contributed by atoms with van der Waals surface area (Å²) in [6, 6.07) is 1.70. The van der Waals surface area contributed by atoms with E-state index >= 15 is 0 Å². The Morgan fingerprint density at radius 2 is 2.12 bits per heavy atom. The van der Waals surface area contributed by atoms with Gasteiger partial charge in [0.25, 0.3) is 0 Å². The Kier molecular flexibility index (Phi) is 4.83. The van der Waals surface area contributed by atoms with Crippen molar-refractivity contribution in [2.75, 3.05) is 13.2 Å². The van der Waals surface area contributed by atoms with Crippen LogP contribution >= 0.6 is 24.0 Å².